The van der Waals surface area contributed by atoms with Gasteiger partial charge in [0.15, 0.2) is 0 Å². The first-order valence-corrected chi connectivity index (χ1v) is 7.66. The van der Waals surface area contributed by atoms with Crippen molar-refractivity contribution in [3.05, 3.63) is 42.5 Å². The molecule has 0 aliphatic heterocycles. The first-order valence-electron chi connectivity index (χ1n) is 7.66. The molecule has 114 valence electrons. The maximum absolute atomic E-state index is 12.5. The van der Waals surface area contributed by atoms with E-state index >= 15 is 0 Å². The van der Waals surface area contributed by atoms with Gasteiger partial charge >= 0.3 is 0 Å². The second-order valence-electron chi connectivity index (χ2n) is 5.83. The zero-order valence-electron chi connectivity index (χ0n) is 12.2. The molecule has 0 heterocycles. The number of amides is 1. The highest BCUT2D eigenvalue weighted by Gasteiger charge is 2.31. The zero-order valence-corrected chi connectivity index (χ0v) is 12.2. The van der Waals surface area contributed by atoms with Gasteiger partial charge in [0.2, 0.25) is 5.91 Å². The fourth-order valence-electron chi connectivity index (χ4n) is 3.29. The molecule has 3 rings (SSSR count). The predicted octanol–water partition coefficient (Wildman–Crippen LogP) is 2.33. The third kappa shape index (κ3) is 2.82. The number of nitrogens with one attached hydrogen (secondary N) is 1. The van der Waals surface area contributed by atoms with E-state index in [-0.39, 0.29) is 5.91 Å². The largest absolute Gasteiger partial charge is 0.550 e. The Kier molecular flexibility index (Phi) is 4.09. The molecule has 0 saturated heterocycles. The monoisotopic (exact) mass is 296 g/mol. The van der Waals surface area contributed by atoms with Crippen molar-refractivity contribution in [1.82, 2.24) is 0 Å². The van der Waals surface area contributed by atoms with Crippen molar-refractivity contribution in [1.29, 1.82) is 0 Å². The molecular weight excluding hydrogens is 278 g/mol. The van der Waals surface area contributed by atoms with Crippen LogP contribution in [0.5, 0.6) is 0 Å². The minimum Gasteiger partial charge on any atom is -0.550 e. The highest BCUT2D eigenvalue weighted by molar-refractivity contribution is 6.03. The number of hydrogen-bond acceptors (Lipinski definition) is 3. The highest BCUT2D eigenvalue weighted by Crippen LogP contribution is 2.31. The van der Waals surface area contributed by atoms with Gasteiger partial charge in [-0.15, -0.1) is 0 Å². The Labute approximate surface area is 129 Å². The fourth-order valence-corrected chi connectivity index (χ4v) is 3.29. The molecule has 0 bridgehead atoms. The van der Waals surface area contributed by atoms with Gasteiger partial charge in [0.1, 0.15) is 0 Å². The molecular formula is C18H18NO3-. The van der Waals surface area contributed by atoms with Gasteiger partial charge in [-0.2, -0.15) is 0 Å². The van der Waals surface area contributed by atoms with Crippen LogP contribution in [-0.4, -0.2) is 11.9 Å². The van der Waals surface area contributed by atoms with Gasteiger partial charge in [0.05, 0.1) is 0 Å². The van der Waals surface area contributed by atoms with E-state index in [2.05, 4.69) is 5.32 Å². The third-order valence-electron chi connectivity index (χ3n) is 4.45. The number of fused-ring (bicyclic) bond motifs is 1. The molecule has 1 aliphatic carbocycles. The van der Waals surface area contributed by atoms with Crippen LogP contribution in [0, 0.1) is 11.8 Å². The van der Waals surface area contributed by atoms with Gasteiger partial charge in [-0.05, 0) is 24.3 Å². The van der Waals surface area contributed by atoms with Gasteiger partial charge in [0.25, 0.3) is 0 Å². The average Bonchev–Trinajstić information content (AvgIpc) is 2.55. The highest BCUT2D eigenvalue weighted by atomic mass is 16.4. The molecule has 0 aromatic heterocycles. The van der Waals surface area contributed by atoms with Gasteiger partial charge in [0, 0.05) is 28.9 Å². The van der Waals surface area contributed by atoms with E-state index in [0.717, 1.165) is 29.3 Å². The molecule has 1 aliphatic rings. The molecule has 2 aromatic rings. The van der Waals surface area contributed by atoms with Crippen molar-refractivity contribution in [2.24, 2.45) is 11.8 Å². The van der Waals surface area contributed by atoms with Crippen LogP contribution in [0.3, 0.4) is 0 Å². The number of carboxylic acids is 1. The molecule has 0 unspecified atom stereocenters. The number of benzene rings is 2. The zero-order chi connectivity index (χ0) is 15.5. The van der Waals surface area contributed by atoms with E-state index in [9.17, 15) is 14.7 Å². The molecule has 0 radical (unpaired) electrons. The molecule has 4 heteroatoms. The summed E-state index contributed by atoms with van der Waals surface area (Å²) < 4.78 is 0. The second kappa shape index (κ2) is 6.18. The van der Waals surface area contributed by atoms with E-state index in [1.165, 1.54) is 0 Å². The van der Waals surface area contributed by atoms with Crippen LogP contribution >= 0.6 is 0 Å². The van der Waals surface area contributed by atoms with E-state index in [4.69, 9.17) is 0 Å². The first-order chi connectivity index (χ1) is 10.7. The standard InChI is InChI=1S/C18H19NO3/c20-17(14-9-3-4-10-15(14)18(21)22)19-16-11-5-7-12-6-1-2-8-13(12)16/h1-2,5-8,11,14-15H,3-4,9-10H2,(H,19,20)(H,21,22)/p-1/t14-,15-/m0/s1. The lowest BCUT2D eigenvalue weighted by Crippen LogP contribution is -2.42. The summed E-state index contributed by atoms with van der Waals surface area (Å²) in [6, 6.07) is 13.5. The Bertz CT molecular complexity index is 705. The smallest absolute Gasteiger partial charge is 0.228 e. The lowest BCUT2D eigenvalue weighted by Gasteiger charge is -2.31. The van der Waals surface area contributed by atoms with E-state index < -0.39 is 17.8 Å². The lowest BCUT2D eigenvalue weighted by atomic mass is 9.78. The van der Waals surface area contributed by atoms with Crippen LogP contribution in [0.4, 0.5) is 5.69 Å². The Morgan fingerprint density at radius 3 is 2.41 bits per heavy atom. The molecule has 1 saturated carbocycles. The van der Waals surface area contributed by atoms with Crippen LogP contribution in [0.25, 0.3) is 10.8 Å². The minimum absolute atomic E-state index is 0.217. The van der Waals surface area contributed by atoms with Crippen LogP contribution < -0.4 is 10.4 Å². The maximum atomic E-state index is 12.5. The van der Waals surface area contributed by atoms with Gasteiger partial charge in [-0.25, -0.2) is 0 Å². The van der Waals surface area contributed by atoms with Crippen molar-refractivity contribution in [3.63, 3.8) is 0 Å². The quantitative estimate of drug-likeness (QED) is 0.945. The number of hydrogen-bond donors (Lipinski definition) is 1. The van der Waals surface area contributed by atoms with Crippen LogP contribution in [0.15, 0.2) is 42.5 Å². The van der Waals surface area contributed by atoms with E-state index in [1.54, 1.807) is 0 Å². The molecule has 2 atom stereocenters. The molecule has 0 spiro atoms. The molecule has 1 amide bonds. The summed E-state index contributed by atoms with van der Waals surface area (Å²) in [6.07, 6.45) is 2.86. The topological polar surface area (TPSA) is 69.2 Å². The summed E-state index contributed by atoms with van der Waals surface area (Å²) in [7, 11) is 0. The van der Waals surface area contributed by atoms with Gasteiger partial charge in [-0.1, -0.05) is 49.2 Å². The average molecular weight is 296 g/mol. The molecule has 1 fully saturated rings. The second-order valence-corrected chi connectivity index (χ2v) is 5.83. The Hall–Kier alpha value is -2.36. The van der Waals surface area contributed by atoms with Crippen LogP contribution in [0.1, 0.15) is 25.7 Å². The van der Waals surface area contributed by atoms with Crippen molar-refractivity contribution in [2.75, 3.05) is 5.32 Å². The Balaban J connectivity index is 1.85. The number of carbonyl (C=O) groups excluding carboxylic acids is 2. The van der Waals surface area contributed by atoms with Crippen molar-refractivity contribution >= 4 is 28.3 Å². The maximum Gasteiger partial charge on any atom is 0.228 e. The number of carboxylic acid groups (broad SMARTS) is 1. The normalized spacial score (nSPS) is 21.5. The third-order valence-corrected chi connectivity index (χ3v) is 4.45. The number of anilines is 1. The molecule has 2 aromatic carbocycles. The Morgan fingerprint density at radius 2 is 1.64 bits per heavy atom. The van der Waals surface area contributed by atoms with Crippen LogP contribution in [0.2, 0.25) is 0 Å². The number of carbonyl (C=O) groups is 2. The lowest BCUT2D eigenvalue weighted by molar-refractivity contribution is -0.313. The van der Waals surface area contributed by atoms with Crippen LogP contribution in [-0.2, 0) is 9.59 Å². The summed E-state index contributed by atoms with van der Waals surface area (Å²) in [5.41, 5.74) is 0.728. The van der Waals surface area contributed by atoms with E-state index in [0.29, 0.717) is 12.8 Å². The number of rotatable bonds is 3. The van der Waals surface area contributed by atoms with E-state index in [1.807, 2.05) is 42.5 Å². The van der Waals surface area contributed by atoms with Gasteiger partial charge < -0.3 is 15.2 Å². The Morgan fingerprint density at radius 1 is 0.955 bits per heavy atom. The fraction of sp³-hybridized carbons (Fsp3) is 0.333. The molecule has 4 nitrogen and oxygen atoms in total. The summed E-state index contributed by atoms with van der Waals surface area (Å²) >= 11 is 0. The predicted molar refractivity (Wildman–Crippen MR) is 83.0 cm³/mol. The van der Waals surface area contributed by atoms with Crippen molar-refractivity contribution in [2.45, 2.75) is 25.7 Å². The number of aliphatic carboxylic acids is 1. The minimum atomic E-state index is -1.11. The van der Waals surface area contributed by atoms with Crippen molar-refractivity contribution < 1.29 is 14.7 Å². The summed E-state index contributed by atoms with van der Waals surface area (Å²) in [4.78, 5) is 23.8. The molecule has 22 heavy (non-hydrogen) atoms. The van der Waals surface area contributed by atoms with Crippen molar-refractivity contribution in [3.8, 4) is 0 Å². The SMILES string of the molecule is O=C([O-])[C@H]1CCCC[C@@H]1C(=O)Nc1cccc2ccccc12. The first kappa shape index (κ1) is 14.6. The summed E-state index contributed by atoms with van der Waals surface area (Å²) in [5.74, 6) is -2.51. The summed E-state index contributed by atoms with van der Waals surface area (Å²) in [6.45, 7) is 0. The molecule has 1 N–H and O–H groups in total. The van der Waals surface area contributed by atoms with Gasteiger partial charge in [-0.3, -0.25) is 4.79 Å². The summed E-state index contributed by atoms with van der Waals surface area (Å²) in [5, 5.41) is 16.2.